The van der Waals surface area contributed by atoms with Crippen molar-refractivity contribution in [3.8, 4) is 0 Å². The first-order valence-corrected chi connectivity index (χ1v) is 6.79. The number of aliphatic hydroxyl groups is 2. The summed E-state index contributed by atoms with van der Waals surface area (Å²) in [5.41, 5.74) is 0. The molecule has 0 rings (SSSR count). The van der Waals surface area contributed by atoms with E-state index in [1.807, 2.05) is 0 Å². The first-order valence-electron chi connectivity index (χ1n) is 6.79. The number of hydrogen-bond donors (Lipinski definition) is 2. The van der Waals surface area contributed by atoms with E-state index in [9.17, 15) is 5.11 Å². The van der Waals surface area contributed by atoms with Gasteiger partial charge >= 0.3 is 0 Å². The van der Waals surface area contributed by atoms with Gasteiger partial charge in [0.25, 0.3) is 0 Å². The van der Waals surface area contributed by atoms with Crippen molar-refractivity contribution in [3.05, 3.63) is 0 Å². The van der Waals surface area contributed by atoms with E-state index >= 15 is 0 Å². The van der Waals surface area contributed by atoms with Crippen LogP contribution < -0.4 is 0 Å². The van der Waals surface area contributed by atoms with E-state index in [1.165, 1.54) is 19.3 Å². The molecule has 0 aliphatic heterocycles. The Labute approximate surface area is 100 Å². The Morgan fingerprint density at radius 3 is 1.88 bits per heavy atom. The third kappa shape index (κ3) is 8.08. The quantitative estimate of drug-likeness (QED) is 0.424. The highest BCUT2D eigenvalue weighted by Gasteiger charge is 2.10. The third-order valence-electron chi connectivity index (χ3n) is 3.10. The lowest BCUT2D eigenvalue weighted by Crippen LogP contribution is -2.34. The number of nitrogens with zero attached hydrogens (tertiary/aromatic N) is 1. The molecular weight excluding hydrogens is 202 g/mol. The molecule has 0 aliphatic carbocycles. The van der Waals surface area contributed by atoms with Crippen molar-refractivity contribution in [2.45, 2.75) is 65.0 Å². The number of hydrogen-bond acceptors (Lipinski definition) is 3. The molecule has 0 aromatic heterocycles. The van der Waals surface area contributed by atoms with Crippen molar-refractivity contribution in [2.75, 3.05) is 19.7 Å². The maximum Gasteiger partial charge on any atom is 0.107 e. The van der Waals surface area contributed by atoms with Gasteiger partial charge in [-0.25, -0.2) is 0 Å². The van der Waals surface area contributed by atoms with Crippen molar-refractivity contribution in [2.24, 2.45) is 0 Å². The van der Waals surface area contributed by atoms with Gasteiger partial charge < -0.3 is 10.2 Å². The average Bonchev–Trinajstić information content (AvgIpc) is 2.29. The standard InChI is InChI=1S/C13H29NO2/c1-3-14(4-2)13(16)11-9-7-5-6-8-10-12-15/h13,15-16H,3-12H2,1-2H3. The van der Waals surface area contributed by atoms with E-state index in [1.54, 1.807) is 0 Å². The summed E-state index contributed by atoms with van der Waals surface area (Å²) in [6.07, 6.45) is 7.44. The molecule has 0 aliphatic rings. The largest absolute Gasteiger partial charge is 0.396 e. The SMILES string of the molecule is CCN(CC)C(O)CCCCCCCCO. The molecule has 0 heterocycles. The average molecular weight is 231 g/mol. The predicted molar refractivity (Wildman–Crippen MR) is 68.3 cm³/mol. The van der Waals surface area contributed by atoms with Crippen LogP contribution in [0.15, 0.2) is 0 Å². The van der Waals surface area contributed by atoms with Crippen LogP contribution >= 0.6 is 0 Å². The summed E-state index contributed by atoms with van der Waals surface area (Å²) in [6, 6.07) is 0. The van der Waals surface area contributed by atoms with Crippen LogP contribution in [0.4, 0.5) is 0 Å². The normalized spacial score (nSPS) is 13.3. The van der Waals surface area contributed by atoms with Gasteiger partial charge in [-0.05, 0) is 32.4 Å². The van der Waals surface area contributed by atoms with Gasteiger partial charge in [0.15, 0.2) is 0 Å². The molecule has 0 bridgehead atoms. The van der Waals surface area contributed by atoms with Crippen molar-refractivity contribution >= 4 is 0 Å². The Morgan fingerprint density at radius 1 is 0.875 bits per heavy atom. The van der Waals surface area contributed by atoms with Crippen LogP contribution in [0, 0.1) is 0 Å². The maximum absolute atomic E-state index is 9.84. The molecule has 0 aromatic rings. The Kier molecular flexibility index (Phi) is 11.3. The van der Waals surface area contributed by atoms with E-state index in [-0.39, 0.29) is 6.23 Å². The van der Waals surface area contributed by atoms with E-state index in [0.717, 1.165) is 38.8 Å². The van der Waals surface area contributed by atoms with Crippen LogP contribution in [0.25, 0.3) is 0 Å². The monoisotopic (exact) mass is 231 g/mol. The molecule has 0 saturated heterocycles. The molecule has 0 fully saturated rings. The van der Waals surface area contributed by atoms with Gasteiger partial charge in [0.2, 0.25) is 0 Å². The Hall–Kier alpha value is -0.120. The first-order chi connectivity index (χ1) is 7.76. The molecule has 2 N–H and O–H groups in total. The highest BCUT2D eigenvalue weighted by molar-refractivity contribution is 4.58. The molecule has 98 valence electrons. The summed E-state index contributed by atoms with van der Waals surface area (Å²) in [4.78, 5) is 2.09. The van der Waals surface area contributed by atoms with E-state index in [4.69, 9.17) is 5.11 Å². The van der Waals surface area contributed by atoms with Gasteiger partial charge in [-0.2, -0.15) is 0 Å². The van der Waals surface area contributed by atoms with Crippen molar-refractivity contribution in [3.63, 3.8) is 0 Å². The maximum atomic E-state index is 9.84. The van der Waals surface area contributed by atoms with Gasteiger partial charge in [0.1, 0.15) is 6.23 Å². The molecule has 16 heavy (non-hydrogen) atoms. The number of unbranched alkanes of at least 4 members (excludes halogenated alkanes) is 5. The van der Waals surface area contributed by atoms with Gasteiger partial charge in [-0.1, -0.05) is 39.5 Å². The lowest BCUT2D eigenvalue weighted by Gasteiger charge is -2.24. The zero-order valence-electron chi connectivity index (χ0n) is 11.0. The number of aliphatic hydroxyl groups excluding tert-OH is 2. The topological polar surface area (TPSA) is 43.7 Å². The first kappa shape index (κ1) is 15.9. The fourth-order valence-corrected chi connectivity index (χ4v) is 1.97. The summed E-state index contributed by atoms with van der Waals surface area (Å²) < 4.78 is 0. The van der Waals surface area contributed by atoms with E-state index < -0.39 is 0 Å². The Morgan fingerprint density at radius 2 is 1.38 bits per heavy atom. The smallest absolute Gasteiger partial charge is 0.107 e. The van der Waals surface area contributed by atoms with Crippen LogP contribution in [-0.2, 0) is 0 Å². The summed E-state index contributed by atoms with van der Waals surface area (Å²) in [5, 5.41) is 18.5. The molecule has 0 spiro atoms. The minimum absolute atomic E-state index is 0.257. The second-order valence-corrected chi connectivity index (χ2v) is 4.34. The predicted octanol–water partition coefficient (Wildman–Crippen LogP) is 2.37. The third-order valence-corrected chi connectivity index (χ3v) is 3.10. The van der Waals surface area contributed by atoms with Gasteiger partial charge in [0.05, 0.1) is 0 Å². The molecule has 1 unspecified atom stereocenters. The second-order valence-electron chi connectivity index (χ2n) is 4.34. The highest BCUT2D eigenvalue weighted by atomic mass is 16.3. The molecule has 0 saturated carbocycles. The lowest BCUT2D eigenvalue weighted by atomic mass is 10.1. The van der Waals surface area contributed by atoms with Crippen LogP contribution in [0.1, 0.15) is 58.8 Å². The Balaban J connectivity index is 3.30. The second kappa shape index (κ2) is 11.4. The fourth-order valence-electron chi connectivity index (χ4n) is 1.97. The molecule has 1 atom stereocenters. The summed E-state index contributed by atoms with van der Waals surface area (Å²) in [6.45, 7) is 6.34. The molecule has 3 nitrogen and oxygen atoms in total. The van der Waals surface area contributed by atoms with Crippen LogP contribution in [0.2, 0.25) is 0 Å². The minimum atomic E-state index is -0.257. The molecule has 0 amide bonds. The zero-order valence-corrected chi connectivity index (χ0v) is 11.0. The molecular formula is C13H29NO2. The summed E-state index contributed by atoms with van der Waals surface area (Å²) in [7, 11) is 0. The van der Waals surface area contributed by atoms with Gasteiger partial charge in [0, 0.05) is 6.61 Å². The minimum Gasteiger partial charge on any atom is -0.396 e. The van der Waals surface area contributed by atoms with Crippen LogP contribution in [0.3, 0.4) is 0 Å². The van der Waals surface area contributed by atoms with Gasteiger partial charge in [-0.3, -0.25) is 4.90 Å². The van der Waals surface area contributed by atoms with Gasteiger partial charge in [-0.15, -0.1) is 0 Å². The summed E-state index contributed by atoms with van der Waals surface area (Å²) >= 11 is 0. The fraction of sp³-hybridized carbons (Fsp3) is 1.00. The van der Waals surface area contributed by atoms with Crippen molar-refractivity contribution in [1.29, 1.82) is 0 Å². The molecule has 0 aromatic carbocycles. The molecule has 3 heteroatoms. The van der Waals surface area contributed by atoms with Crippen LogP contribution in [0.5, 0.6) is 0 Å². The van der Waals surface area contributed by atoms with E-state index in [2.05, 4.69) is 18.7 Å². The number of rotatable bonds is 11. The zero-order chi connectivity index (χ0) is 12.2. The highest BCUT2D eigenvalue weighted by Crippen LogP contribution is 2.10. The summed E-state index contributed by atoms with van der Waals surface area (Å²) in [5.74, 6) is 0. The van der Waals surface area contributed by atoms with Crippen molar-refractivity contribution in [1.82, 2.24) is 4.90 Å². The molecule has 0 radical (unpaired) electrons. The Bertz CT molecular complexity index is 138. The lowest BCUT2D eigenvalue weighted by molar-refractivity contribution is 0.00278. The van der Waals surface area contributed by atoms with Crippen molar-refractivity contribution < 1.29 is 10.2 Å². The van der Waals surface area contributed by atoms with E-state index in [0.29, 0.717) is 6.61 Å². The van der Waals surface area contributed by atoms with Crippen LogP contribution in [-0.4, -0.2) is 41.0 Å².